The van der Waals surface area contributed by atoms with E-state index in [2.05, 4.69) is 48.2 Å². The fourth-order valence-corrected chi connectivity index (χ4v) is 2.94. The SMILES string of the molecule is CCNC(=NCC1COCCO1)NC1CN(C(C)C)CC1C. The molecule has 2 rings (SSSR count). The highest BCUT2D eigenvalue weighted by Gasteiger charge is 2.31. The molecule has 128 valence electrons. The topological polar surface area (TPSA) is 58.1 Å². The molecule has 0 amide bonds. The van der Waals surface area contributed by atoms with Gasteiger partial charge in [0.1, 0.15) is 6.10 Å². The first-order chi connectivity index (χ1) is 10.6. The Balaban J connectivity index is 1.87. The smallest absolute Gasteiger partial charge is 0.191 e. The highest BCUT2D eigenvalue weighted by Crippen LogP contribution is 2.18. The van der Waals surface area contributed by atoms with Crippen LogP contribution in [-0.2, 0) is 9.47 Å². The van der Waals surface area contributed by atoms with Crippen molar-refractivity contribution < 1.29 is 9.47 Å². The van der Waals surface area contributed by atoms with Gasteiger partial charge < -0.3 is 20.1 Å². The maximum absolute atomic E-state index is 5.65. The van der Waals surface area contributed by atoms with Crippen molar-refractivity contribution in [2.75, 3.05) is 46.0 Å². The van der Waals surface area contributed by atoms with Gasteiger partial charge in [0, 0.05) is 31.7 Å². The molecule has 2 fully saturated rings. The van der Waals surface area contributed by atoms with E-state index in [0.717, 1.165) is 25.6 Å². The number of hydrogen-bond donors (Lipinski definition) is 2. The first kappa shape index (κ1) is 17.5. The molecule has 0 aromatic carbocycles. The van der Waals surface area contributed by atoms with Gasteiger partial charge in [-0.2, -0.15) is 0 Å². The van der Waals surface area contributed by atoms with E-state index in [4.69, 9.17) is 9.47 Å². The Morgan fingerprint density at radius 3 is 2.73 bits per heavy atom. The molecule has 6 heteroatoms. The third kappa shape index (κ3) is 5.11. The second-order valence-corrected chi connectivity index (χ2v) is 6.56. The molecule has 2 N–H and O–H groups in total. The summed E-state index contributed by atoms with van der Waals surface area (Å²) >= 11 is 0. The Labute approximate surface area is 134 Å². The lowest BCUT2D eigenvalue weighted by molar-refractivity contribution is -0.0832. The summed E-state index contributed by atoms with van der Waals surface area (Å²) in [6, 6.07) is 1.05. The van der Waals surface area contributed by atoms with Crippen molar-refractivity contribution in [2.24, 2.45) is 10.9 Å². The fraction of sp³-hybridized carbons (Fsp3) is 0.938. The normalized spacial score (nSPS) is 30.8. The Morgan fingerprint density at radius 2 is 2.14 bits per heavy atom. The van der Waals surface area contributed by atoms with Crippen LogP contribution >= 0.6 is 0 Å². The summed E-state index contributed by atoms with van der Waals surface area (Å²) in [7, 11) is 0. The Hall–Kier alpha value is -0.850. The van der Waals surface area contributed by atoms with Gasteiger partial charge in [0.05, 0.1) is 26.4 Å². The van der Waals surface area contributed by atoms with Crippen molar-refractivity contribution >= 4 is 5.96 Å². The summed E-state index contributed by atoms with van der Waals surface area (Å²) in [6.45, 7) is 14.7. The first-order valence-corrected chi connectivity index (χ1v) is 8.58. The van der Waals surface area contributed by atoms with Gasteiger partial charge in [0.25, 0.3) is 0 Å². The standard InChI is InChI=1S/C16H32N4O2/c1-5-17-16(18-8-14-11-21-6-7-22-14)19-15-10-20(12(2)3)9-13(15)4/h12-15H,5-11H2,1-4H3,(H2,17,18,19). The maximum Gasteiger partial charge on any atom is 0.191 e. The summed E-state index contributed by atoms with van der Waals surface area (Å²) in [5.74, 6) is 1.51. The van der Waals surface area contributed by atoms with E-state index in [-0.39, 0.29) is 6.10 Å². The lowest BCUT2D eigenvalue weighted by Gasteiger charge is -2.24. The molecule has 3 atom stereocenters. The molecule has 2 aliphatic rings. The predicted octanol–water partition coefficient (Wildman–Crippen LogP) is 0.686. The number of nitrogens with one attached hydrogen (secondary N) is 2. The van der Waals surface area contributed by atoms with Crippen molar-refractivity contribution in [1.82, 2.24) is 15.5 Å². The molecule has 6 nitrogen and oxygen atoms in total. The molecule has 0 aromatic heterocycles. The number of likely N-dealkylation sites (tertiary alicyclic amines) is 1. The van der Waals surface area contributed by atoms with Gasteiger partial charge in [0.2, 0.25) is 0 Å². The molecule has 0 radical (unpaired) electrons. The third-order valence-electron chi connectivity index (χ3n) is 4.38. The van der Waals surface area contributed by atoms with Gasteiger partial charge in [-0.1, -0.05) is 6.92 Å². The number of ether oxygens (including phenoxy) is 2. The van der Waals surface area contributed by atoms with Crippen molar-refractivity contribution in [3.05, 3.63) is 0 Å². The Bertz CT molecular complexity index is 356. The van der Waals surface area contributed by atoms with Crippen LogP contribution in [0.1, 0.15) is 27.7 Å². The molecule has 0 aliphatic carbocycles. The van der Waals surface area contributed by atoms with E-state index in [1.165, 1.54) is 0 Å². The molecule has 0 spiro atoms. The zero-order valence-electron chi connectivity index (χ0n) is 14.5. The average molecular weight is 312 g/mol. The zero-order chi connectivity index (χ0) is 15.9. The van der Waals surface area contributed by atoms with E-state index in [9.17, 15) is 0 Å². The van der Waals surface area contributed by atoms with E-state index >= 15 is 0 Å². The summed E-state index contributed by atoms with van der Waals surface area (Å²) in [6.07, 6.45) is 0.0809. The van der Waals surface area contributed by atoms with Gasteiger partial charge in [-0.25, -0.2) is 0 Å². The van der Waals surface area contributed by atoms with Crippen molar-refractivity contribution in [3.63, 3.8) is 0 Å². The maximum atomic E-state index is 5.65. The molecule has 3 unspecified atom stereocenters. The molecule has 0 saturated carbocycles. The average Bonchev–Trinajstić information content (AvgIpc) is 2.87. The van der Waals surface area contributed by atoms with E-state index in [1.54, 1.807) is 0 Å². The first-order valence-electron chi connectivity index (χ1n) is 8.58. The lowest BCUT2D eigenvalue weighted by Crippen LogP contribution is -2.47. The minimum Gasteiger partial charge on any atom is -0.376 e. The molecule has 2 saturated heterocycles. The van der Waals surface area contributed by atoms with Gasteiger partial charge in [0.15, 0.2) is 5.96 Å². The highest BCUT2D eigenvalue weighted by molar-refractivity contribution is 5.80. The van der Waals surface area contributed by atoms with Crippen LogP contribution in [0, 0.1) is 5.92 Å². The minimum atomic E-state index is 0.0809. The quantitative estimate of drug-likeness (QED) is 0.578. The number of guanidine groups is 1. The van der Waals surface area contributed by atoms with Crippen LogP contribution in [0.15, 0.2) is 4.99 Å². The number of rotatable bonds is 5. The van der Waals surface area contributed by atoms with E-state index in [0.29, 0.717) is 44.4 Å². The van der Waals surface area contributed by atoms with Crippen LogP contribution in [0.2, 0.25) is 0 Å². The van der Waals surface area contributed by atoms with Crippen molar-refractivity contribution in [2.45, 2.75) is 45.9 Å². The summed E-state index contributed by atoms with van der Waals surface area (Å²) < 4.78 is 11.1. The van der Waals surface area contributed by atoms with Crippen LogP contribution in [0.5, 0.6) is 0 Å². The fourth-order valence-electron chi connectivity index (χ4n) is 2.94. The van der Waals surface area contributed by atoms with Gasteiger partial charge in [-0.05, 0) is 26.7 Å². The molecule has 0 bridgehead atoms. The number of hydrogen-bond acceptors (Lipinski definition) is 4. The molecule has 22 heavy (non-hydrogen) atoms. The second-order valence-electron chi connectivity index (χ2n) is 6.56. The lowest BCUT2D eigenvalue weighted by atomic mass is 10.1. The van der Waals surface area contributed by atoms with Crippen LogP contribution in [0.3, 0.4) is 0 Å². The molecular weight excluding hydrogens is 280 g/mol. The van der Waals surface area contributed by atoms with E-state index < -0.39 is 0 Å². The second kappa shape index (κ2) is 8.70. The van der Waals surface area contributed by atoms with Crippen LogP contribution in [0.4, 0.5) is 0 Å². The molecular formula is C16H32N4O2. The highest BCUT2D eigenvalue weighted by atomic mass is 16.6. The minimum absolute atomic E-state index is 0.0809. The largest absolute Gasteiger partial charge is 0.376 e. The number of aliphatic imine (C=N–C) groups is 1. The summed E-state index contributed by atoms with van der Waals surface area (Å²) in [4.78, 5) is 7.19. The summed E-state index contributed by atoms with van der Waals surface area (Å²) in [5, 5.41) is 6.93. The predicted molar refractivity (Wildman–Crippen MR) is 89.3 cm³/mol. The van der Waals surface area contributed by atoms with Gasteiger partial charge in [-0.3, -0.25) is 9.89 Å². The van der Waals surface area contributed by atoms with Crippen molar-refractivity contribution in [1.29, 1.82) is 0 Å². The summed E-state index contributed by atoms with van der Waals surface area (Å²) in [5.41, 5.74) is 0. The Morgan fingerprint density at radius 1 is 1.32 bits per heavy atom. The van der Waals surface area contributed by atoms with Gasteiger partial charge in [-0.15, -0.1) is 0 Å². The molecule has 2 heterocycles. The number of nitrogens with zero attached hydrogens (tertiary/aromatic N) is 2. The van der Waals surface area contributed by atoms with Crippen LogP contribution in [0.25, 0.3) is 0 Å². The van der Waals surface area contributed by atoms with E-state index in [1.807, 2.05) is 0 Å². The molecule has 2 aliphatic heterocycles. The third-order valence-corrected chi connectivity index (χ3v) is 4.38. The van der Waals surface area contributed by atoms with Gasteiger partial charge >= 0.3 is 0 Å². The monoisotopic (exact) mass is 312 g/mol. The van der Waals surface area contributed by atoms with Crippen LogP contribution in [-0.4, -0.2) is 75.0 Å². The zero-order valence-corrected chi connectivity index (χ0v) is 14.5. The Kier molecular flexibility index (Phi) is 6.92. The van der Waals surface area contributed by atoms with Crippen molar-refractivity contribution in [3.8, 4) is 0 Å². The van der Waals surface area contributed by atoms with Crippen LogP contribution < -0.4 is 10.6 Å². The molecule has 0 aromatic rings.